The largest absolute Gasteiger partial charge is 0.396 e. The van der Waals surface area contributed by atoms with Crippen LogP contribution in [0.3, 0.4) is 0 Å². The highest BCUT2D eigenvalue weighted by Gasteiger charge is 2.15. The van der Waals surface area contributed by atoms with E-state index < -0.39 is 0 Å². The van der Waals surface area contributed by atoms with E-state index >= 15 is 0 Å². The number of rotatable bonds is 8. The third kappa shape index (κ3) is 6.61. The minimum atomic E-state index is 0.219. The highest BCUT2D eigenvalue weighted by atomic mass is 16.5. The average Bonchev–Trinajstić information content (AvgIpc) is 2.38. The van der Waals surface area contributed by atoms with Crippen molar-refractivity contribution in [3.8, 4) is 0 Å². The van der Waals surface area contributed by atoms with Gasteiger partial charge in [-0.3, -0.25) is 4.79 Å². The number of carbonyl (C=O) groups is 1. The Morgan fingerprint density at radius 3 is 2.65 bits per heavy atom. The predicted octanol–water partition coefficient (Wildman–Crippen LogP) is -0.0125. The zero-order valence-corrected chi connectivity index (χ0v) is 10.5. The second-order valence-electron chi connectivity index (χ2n) is 4.28. The molecule has 0 spiro atoms. The molecule has 5 nitrogen and oxygen atoms in total. The molecule has 0 aromatic rings. The van der Waals surface area contributed by atoms with E-state index in [4.69, 9.17) is 9.84 Å². The van der Waals surface area contributed by atoms with E-state index in [1.165, 1.54) is 0 Å². The third-order valence-corrected chi connectivity index (χ3v) is 2.89. The number of morpholine rings is 1. The van der Waals surface area contributed by atoms with Crippen LogP contribution < -0.4 is 5.32 Å². The predicted molar refractivity (Wildman–Crippen MR) is 65.8 cm³/mol. The zero-order valence-electron chi connectivity index (χ0n) is 10.5. The Balaban J connectivity index is 1.92. The molecule has 1 aliphatic rings. The van der Waals surface area contributed by atoms with Crippen molar-refractivity contribution in [2.24, 2.45) is 0 Å². The van der Waals surface area contributed by atoms with Gasteiger partial charge in [0.25, 0.3) is 0 Å². The van der Waals surface area contributed by atoms with Gasteiger partial charge >= 0.3 is 0 Å². The maximum atomic E-state index is 11.7. The lowest BCUT2D eigenvalue weighted by molar-refractivity contribution is -0.135. The summed E-state index contributed by atoms with van der Waals surface area (Å²) in [5.41, 5.74) is 0. The van der Waals surface area contributed by atoms with Crippen molar-refractivity contribution < 1.29 is 14.6 Å². The van der Waals surface area contributed by atoms with Gasteiger partial charge in [-0.1, -0.05) is 0 Å². The molecule has 1 fully saturated rings. The van der Waals surface area contributed by atoms with Crippen LogP contribution in [0.15, 0.2) is 0 Å². The van der Waals surface area contributed by atoms with Crippen LogP contribution in [0, 0.1) is 0 Å². The molecule has 0 aromatic carbocycles. The molecule has 100 valence electrons. The van der Waals surface area contributed by atoms with Gasteiger partial charge in [-0.15, -0.1) is 0 Å². The van der Waals surface area contributed by atoms with Crippen LogP contribution in [0.2, 0.25) is 0 Å². The summed E-state index contributed by atoms with van der Waals surface area (Å²) in [6.45, 7) is 4.74. The van der Waals surface area contributed by atoms with Gasteiger partial charge in [-0.25, -0.2) is 0 Å². The molecule has 0 atom stereocenters. The molecule has 0 unspecified atom stereocenters. The summed E-state index contributed by atoms with van der Waals surface area (Å²) in [5.74, 6) is 0.219. The number of nitrogens with zero attached hydrogens (tertiary/aromatic N) is 1. The van der Waals surface area contributed by atoms with Gasteiger partial charge in [0.05, 0.1) is 13.2 Å². The van der Waals surface area contributed by atoms with Crippen molar-refractivity contribution in [1.29, 1.82) is 0 Å². The van der Waals surface area contributed by atoms with E-state index in [1.54, 1.807) is 0 Å². The Bertz CT molecular complexity index is 206. The molecule has 0 saturated carbocycles. The Morgan fingerprint density at radius 2 is 1.94 bits per heavy atom. The van der Waals surface area contributed by atoms with E-state index in [9.17, 15) is 4.79 Å². The number of amides is 1. The first kappa shape index (κ1) is 14.4. The zero-order chi connectivity index (χ0) is 12.3. The molecule has 0 radical (unpaired) electrons. The molecular formula is C12H24N2O3. The molecule has 1 saturated heterocycles. The van der Waals surface area contributed by atoms with Crippen LogP contribution in [0.1, 0.15) is 25.7 Å². The highest BCUT2D eigenvalue weighted by molar-refractivity contribution is 5.76. The van der Waals surface area contributed by atoms with Gasteiger partial charge in [0, 0.05) is 32.7 Å². The maximum Gasteiger partial charge on any atom is 0.224 e. The first-order valence-electron chi connectivity index (χ1n) is 6.51. The minimum absolute atomic E-state index is 0.219. The van der Waals surface area contributed by atoms with Crippen molar-refractivity contribution in [1.82, 2.24) is 10.2 Å². The molecule has 17 heavy (non-hydrogen) atoms. The Hall–Kier alpha value is -0.650. The lowest BCUT2D eigenvalue weighted by atomic mass is 10.2. The topological polar surface area (TPSA) is 61.8 Å². The fourth-order valence-electron chi connectivity index (χ4n) is 1.83. The second kappa shape index (κ2) is 9.39. The number of ether oxygens (including phenoxy) is 1. The monoisotopic (exact) mass is 244 g/mol. The van der Waals surface area contributed by atoms with Gasteiger partial charge in [0.15, 0.2) is 0 Å². The molecule has 1 amide bonds. The molecule has 0 bridgehead atoms. The van der Waals surface area contributed by atoms with Crippen LogP contribution >= 0.6 is 0 Å². The number of carbonyl (C=O) groups excluding carboxylic acids is 1. The van der Waals surface area contributed by atoms with Crippen LogP contribution in [0.25, 0.3) is 0 Å². The number of aliphatic hydroxyl groups excluding tert-OH is 1. The minimum Gasteiger partial charge on any atom is -0.396 e. The van der Waals surface area contributed by atoms with Gasteiger partial charge < -0.3 is 20.1 Å². The van der Waals surface area contributed by atoms with Crippen LogP contribution in [0.4, 0.5) is 0 Å². The molecule has 5 heteroatoms. The van der Waals surface area contributed by atoms with Gasteiger partial charge in [0.1, 0.15) is 0 Å². The van der Waals surface area contributed by atoms with Gasteiger partial charge in [-0.05, 0) is 25.8 Å². The van der Waals surface area contributed by atoms with Crippen molar-refractivity contribution >= 4 is 5.91 Å². The lowest BCUT2D eigenvalue weighted by Gasteiger charge is -2.26. The number of hydrogen-bond acceptors (Lipinski definition) is 4. The number of hydrogen-bond donors (Lipinski definition) is 2. The smallest absolute Gasteiger partial charge is 0.224 e. The number of nitrogens with one attached hydrogen (secondary N) is 1. The van der Waals surface area contributed by atoms with E-state index in [1.807, 2.05) is 4.90 Å². The maximum absolute atomic E-state index is 11.7. The quantitative estimate of drug-likeness (QED) is 0.589. The first-order chi connectivity index (χ1) is 8.34. The van der Waals surface area contributed by atoms with Gasteiger partial charge in [-0.2, -0.15) is 0 Å². The number of unbranched alkanes of at least 4 members (excludes halogenated alkanes) is 2. The van der Waals surface area contributed by atoms with Gasteiger partial charge in [0.2, 0.25) is 5.91 Å². The summed E-state index contributed by atoms with van der Waals surface area (Å²) in [6.07, 6.45) is 3.54. The molecular weight excluding hydrogens is 220 g/mol. The Morgan fingerprint density at radius 1 is 1.18 bits per heavy atom. The fraction of sp³-hybridized carbons (Fsp3) is 0.917. The van der Waals surface area contributed by atoms with Crippen molar-refractivity contribution in [2.45, 2.75) is 25.7 Å². The van der Waals surface area contributed by atoms with E-state index in [0.717, 1.165) is 45.4 Å². The third-order valence-electron chi connectivity index (χ3n) is 2.89. The molecule has 1 heterocycles. The highest BCUT2D eigenvalue weighted by Crippen LogP contribution is 1.99. The van der Waals surface area contributed by atoms with Crippen molar-refractivity contribution in [3.05, 3.63) is 0 Å². The molecule has 0 aromatic heterocycles. The first-order valence-corrected chi connectivity index (χ1v) is 6.51. The summed E-state index contributed by atoms with van der Waals surface area (Å²) >= 11 is 0. The molecule has 2 N–H and O–H groups in total. The van der Waals surface area contributed by atoms with E-state index in [2.05, 4.69) is 5.32 Å². The van der Waals surface area contributed by atoms with Crippen LogP contribution in [-0.2, 0) is 9.53 Å². The van der Waals surface area contributed by atoms with E-state index in [0.29, 0.717) is 19.6 Å². The van der Waals surface area contributed by atoms with Crippen molar-refractivity contribution in [3.63, 3.8) is 0 Å². The number of aliphatic hydroxyl groups is 1. The second-order valence-corrected chi connectivity index (χ2v) is 4.28. The average molecular weight is 244 g/mol. The van der Waals surface area contributed by atoms with Crippen LogP contribution in [0.5, 0.6) is 0 Å². The fourth-order valence-corrected chi connectivity index (χ4v) is 1.83. The standard InChI is InChI=1S/C12H24N2O3/c15-9-3-1-2-5-13-6-4-12(16)14-7-10-17-11-8-14/h13,15H,1-11H2. The molecule has 0 aliphatic carbocycles. The molecule has 1 rings (SSSR count). The summed E-state index contributed by atoms with van der Waals surface area (Å²) < 4.78 is 5.20. The van der Waals surface area contributed by atoms with E-state index in [-0.39, 0.29) is 12.5 Å². The van der Waals surface area contributed by atoms with Crippen LogP contribution in [-0.4, -0.2) is 61.9 Å². The summed E-state index contributed by atoms with van der Waals surface area (Å²) in [6, 6.07) is 0. The summed E-state index contributed by atoms with van der Waals surface area (Å²) in [5, 5.41) is 11.9. The Labute approximate surface area is 103 Å². The summed E-state index contributed by atoms with van der Waals surface area (Å²) in [4.78, 5) is 13.6. The lowest BCUT2D eigenvalue weighted by Crippen LogP contribution is -2.41. The Kier molecular flexibility index (Phi) is 7.96. The molecule has 1 aliphatic heterocycles. The van der Waals surface area contributed by atoms with Crippen molar-refractivity contribution in [2.75, 3.05) is 46.0 Å². The normalized spacial score (nSPS) is 16.2. The summed E-state index contributed by atoms with van der Waals surface area (Å²) in [7, 11) is 0. The SMILES string of the molecule is O=C(CCNCCCCCO)N1CCOCC1.